The van der Waals surface area contributed by atoms with E-state index < -0.39 is 6.10 Å². The molecule has 3 aromatic carbocycles. The Kier molecular flexibility index (Phi) is 8.17. The maximum Gasteiger partial charge on any atom is 0.347 e. The van der Waals surface area contributed by atoms with Crippen molar-refractivity contribution < 1.29 is 23.8 Å². The predicted molar refractivity (Wildman–Crippen MR) is 139 cm³/mol. The topological polar surface area (TPSA) is 83.8 Å². The molecule has 0 aliphatic rings. The fourth-order valence-electron chi connectivity index (χ4n) is 3.74. The van der Waals surface area contributed by atoms with Gasteiger partial charge in [0.1, 0.15) is 18.1 Å². The highest BCUT2D eigenvalue weighted by molar-refractivity contribution is 7.16. The van der Waals surface area contributed by atoms with Crippen LogP contribution in [0.15, 0.2) is 77.6 Å². The Hall–Kier alpha value is -3.91. The molecule has 36 heavy (non-hydrogen) atoms. The molecule has 0 amide bonds. The number of carbonyl (C=O) groups is 2. The Morgan fingerprint density at radius 1 is 0.917 bits per heavy atom. The average Bonchev–Trinajstić information content (AvgIpc) is 3.22. The molecule has 0 saturated carbocycles. The number of hydrogen-bond acceptors (Lipinski definition) is 7. The highest BCUT2D eigenvalue weighted by atomic mass is 32.1. The van der Waals surface area contributed by atoms with Gasteiger partial charge in [0.15, 0.2) is 11.9 Å². The number of ether oxygens (including phenoxy) is 3. The maximum atomic E-state index is 12.7. The van der Waals surface area contributed by atoms with Crippen LogP contribution in [0.5, 0.6) is 11.5 Å². The zero-order chi connectivity index (χ0) is 25.5. The number of nitrogens with zero attached hydrogens (tertiary/aromatic N) is 1. The number of thiazole rings is 1. The molecule has 0 N–H and O–H groups in total. The highest BCUT2D eigenvalue weighted by Gasteiger charge is 2.19. The van der Waals surface area contributed by atoms with Crippen molar-refractivity contribution >= 4 is 33.3 Å². The number of benzene rings is 3. The van der Waals surface area contributed by atoms with E-state index in [9.17, 15) is 14.4 Å². The number of aromatic nitrogens is 1. The Morgan fingerprint density at radius 2 is 1.64 bits per heavy atom. The molecule has 0 aliphatic carbocycles. The second-order valence-electron chi connectivity index (χ2n) is 7.98. The summed E-state index contributed by atoms with van der Waals surface area (Å²) in [4.78, 5) is 37.2. The van der Waals surface area contributed by atoms with Crippen molar-refractivity contribution in [3.8, 4) is 11.5 Å². The second-order valence-corrected chi connectivity index (χ2v) is 8.98. The van der Waals surface area contributed by atoms with E-state index in [1.807, 2.05) is 31.2 Å². The minimum atomic E-state index is -0.654. The molecule has 0 bridgehead atoms. The Bertz CT molecular complexity index is 1390. The van der Waals surface area contributed by atoms with E-state index in [4.69, 9.17) is 14.2 Å². The van der Waals surface area contributed by atoms with Gasteiger partial charge in [-0.1, -0.05) is 48.6 Å². The van der Waals surface area contributed by atoms with Crippen LogP contribution in [0, 0.1) is 0 Å². The van der Waals surface area contributed by atoms with Crippen LogP contribution in [0.1, 0.15) is 36.2 Å². The quantitative estimate of drug-likeness (QED) is 0.208. The molecule has 0 radical (unpaired) electrons. The summed E-state index contributed by atoms with van der Waals surface area (Å²) in [7, 11) is 0. The van der Waals surface area contributed by atoms with Crippen molar-refractivity contribution in [2.75, 3.05) is 13.2 Å². The van der Waals surface area contributed by atoms with E-state index in [2.05, 4.69) is 0 Å². The summed E-state index contributed by atoms with van der Waals surface area (Å²) >= 11 is 1.11. The van der Waals surface area contributed by atoms with Crippen LogP contribution in [0.4, 0.5) is 0 Å². The molecule has 1 aromatic heterocycles. The van der Waals surface area contributed by atoms with Crippen molar-refractivity contribution in [2.45, 2.75) is 32.9 Å². The molecule has 4 rings (SSSR count). The number of fused-ring (bicyclic) bond motifs is 1. The van der Waals surface area contributed by atoms with Crippen LogP contribution in [0.3, 0.4) is 0 Å². The van der Waals surface area contributed by atoms with Crippen LogP contribution in [-0.4, -0.2) is 35.6 Å². The van der Waals surface area contributed by atoms with Crippen molar-refractivity contribution in [3.05, 3.63) is 93.6 Å². The van der Waals surface area contributed by atoms with Gasteiger partial charge in [-0.05, 0) is 55.8 Å². The van der Waals surface area contributed by atoms with E-state index in [-0.39, 0.29) is 23.2 Å². The molecule has 1 heterocycles. The Morgan fingerprint density at radius 3 is 2.33 bits per heavy atom. The van der Waals surface area contributed by atoms with Crippen molar-refractivity contribution in [3.63, 3.8) is 0 Å². The lowest BCUT2D eigenvalue weighted by Crippen LogP contribution is -2.28. The van der Waals surface area contributed by atoms with Gasteiger partial charge in [0, 0.05) is 11.1 Å². The number of rotatable bonds is 11. The summed E-state index contributed by atoms with van der Waals surface area (Å²) in [6, 6.07) is 21.4. The van der Waals surface area contributed by atoms with Gasteiger partial charge in [0.05, 0.1) is 23.4 Å². The van der Waals surface area contributed by atoms with E-state index in [0.717, 1.165) is 21.6 Å². The normalized spacial score (nSPS) is 11.7. The largest absolute Gasteiger partial charge is 0.492 e. The van der Waals surface area contributed by atoms with Crippen LogP contribution in [-0.2, 0) is 16.1 Å². The molecule has 1 unspecified atom stereocenters. The van der Waals surface area contributed by atoms with Crippen molar-refractivity contribution in [2.24, 2.45) is 0 Å². The van der Waals surface area contributed by atoms with Crippen LogP contribution in [0.2, 0.25) is 0 Å². The molecule has 186 valence electrons. The molecule has 0 spiro atoms. The highest BCUT2D eigenvalue weighted by Crippen LogP contribution is 2.22. The van der Waals surface area contributed by atoms with E-state index in [1.54, 1.807) is 60.0 Å². The Labute approximate surface area is 212 Å². The first-order valence-corrected chi connectivity index (χ1v) is 12.6. The van der Waals surface area contributed by atoms with Gasteiger partial charge in [-0.25, -0.2) is 4.79 Å². The first kappa shape index (κ1) is 25.2. The Balaban J connectivity index is 1.38. The summed E-state index contributed by atoms with van der Waals surface area (Å²) < 4.78 is 19.0. The van der Waals surface area contributed by atoms with Gasteiger partial charge >= 0.3 is 10.8 Å². The summed E-state index contributed by atoms with van der Waals surface area (Å²) in [6.07, 6.45) is -0.151. The third-order valence-electron chi connectivity index (χ3n) is 5.57. The number of esters is 1. The summed E-state index contributed by atoms with van der Waals surface area (Å²) in [5.41, 5.74) is 1.93. The lowest BCUT2D eigenvalue weighted by Gasteiger charge is -2.16. The third-order valence-corrected chi connectivity index (χ3v) is 6.51. The standard InChI is InChI=1S/C28H27NO6S/c1-3-24(27(31)33-4-2)35-22-13-11-21(12-14-22)34-17-16-29-23-15-10-20(18-25(23)36-28(29)32)26(30)19-8-6-5-7-9-19/h5-15,18,24H,3-4,16-17H2,1-2H3. The third kappa shape index (κ3) is 5.83. The zero-order valence-corrected chi connectivity index (χ0v) is 21.0. The summed E-state index contributed by atoms with van der Waals surface area (Å²) in [6.45, 7) is 4.58. The molecule has 0 aliphatic heterocycles. The van der Waals surface area contributed by atoms with Gasteiger partial charge < -0.3 is 14.2 Å². The summed E-state index contributed by atoms with van der Waals surface area (Å²) in [5, 5.41) is 0. The molecule has 8 heteroatoms. The number of ketones is 1. The lowest BCUT2D eigenvalue weighted by atomic mass is 10.0. The zero-order valence-electron chi connectivity index (χ0n) is 20.1. The molecule has 1 atom stereocenters. The first-order chi connectivity index (χ1) is 17.5. The van der Waals surface area contributed by atoms with Gasteiger partial charge in [-0.3, -0.25) is 14.2 Å². The molecular formula is C28H27NO6S. The summed E-state index contributed by atoms with van der Waals surface area (Å²) in [5.74, 6) is 0.705. The van der Waals surface area contributed by atoms with E-state index in [1.165, 1.54) is 0 Å². The van der Waals surface area contributed by atoms with E-state index >= 15 is 0 Å². The molecule has 4 aromatic rings. The lowest BCUT2D eigenvalue weighted by molar-refractivity contribution is -0.151. The first-order valence-electron chi connectivity index (χ1n) is 11.8. The second kappa shape index (κ2) is 11.7. The molecule has 7 nitrogen and oxygen atoms in total. The smallest absolute Gasteiger partial charge is 0.347 e. The molecular weight excluding hydrogens is 478 g/mol. The monoisotopic (exact) mass is 505 g/mol. The van der Waals surface area contributed by atoms with Gasteiger partial charge in [0.2, 0.25) is 0 Å². The minimum absolute atomic E-state index is 0.0758. The number of carbonyl (C=O) groups excluding carboxylic acids is 2. The fraction of sp³-hybridized carbons (Fsp3) is 0.250. The average molecular weight is 506 g/mol. The minimum Gasteiger partial charge on any atom is -0.492 e. The van der Waals surface area contributed by atoms with E-state index in [0.29, 0.717) is 42.2 Å². The van der Waals surface area contributed by atoms with Crippen molar-refractivity contribution in [1.82, 2.24) is 4.57 Å². The van der Waals surface area contributed by atoms with Crippen LogP contribution in [0.25, 0.3) is 10.2 Å². The van der Waals surface area contributed by atoms with Gasteiger partial charge in [-0.15, -0.1) is 0 Å². The van der Waals surface area contributed by atoms with Gasteiger partial charge in [0.25, 0.3) is 0 Å². The maximum absolute atomic E-state index is 12.7. The van der Waals surface area contributed by atoms with Gasteiger partial charge in [-0.2, -0.15) is 0 Å². The SMILES string of the molecule is CCOC(=O)C(CC)Oc1ccc(OCCn2c(=O)sc3cc(C(=O)c4ccccc4)ccc32)cc1. The number of hydrogen-bond donors (Lipinski definition) is 0. The van der Waals surface area contributed by atoms with Crippen LogP contribution < -0.4 is 14.3 Å². The van der Waals surface area contributed by atoms with Crippen molar-refractivity contribution in [1.29, 1.82) is 0 Å². The fourth-order valence-corrected chi connectivity index (χ4v) is 4.70. The molecule has 0 saturated heterocycles. The molecule has 0 fully saturated rings. The predicted octanol–water partition coefficient (Wildman–Crippen LogP) is 5.09. The van der Waals surface area contributed by atoms with Crippen LogP contribution >= 0.6 is 11.3 Å².